The van der Waals surface area contributed by atoms with Gasteiger partial charge in [0.05, 0.1) is 17.7 Å². The molecule has 0 N–H and O–H groups in total. The van der Waals surface area contributed by atoms with Crippen LogP contribution in [-0.2, 0) is 16.2 Å². The Labute approximate surface area is 415 Å². The van der Waals surface area contributed by atoms with E-state index < -0.39 is 0 Å². The number of nitrogens with zero attached hydrogens (tertiary/aromatic N) is 4. The van der Waals surface area contributed by atoms with E-state index in [0.29, 0.717) is 6.67 Å². The van der Waals surface area contributed by atoms with Gasteiger partial charge in [0.2, 0.25) is 0 Å². The standard InChI is InChI=1S/C65H66N4O/c1-62(2,3)49-31-32-66-61(39-49)69-58-30-27-46(44-21-15-12-16-22-44)35-57(58)56-29-28-54(41-59(56)69)70-55-38-51(65(10,11)48-25-19-14-20-26-48)37-53(40-55)68-43-67(42-60(68)64(7,8)9)52-34-47(45-23-17-13-18-24-45)33-50(36-52)63(4,5)6/h12-42H,43H2,1-11H3. The molecule has 0 radical (unpaired) electrons. The molecule has 0 aliphatic carbocycles. The van der Waals surface area contributed by atoms with Crippen LogP contribution in [-0.4, -0.2) is 16.2 Å². The molecule has 2 aromatic heterocycles. The largest absolute Gasteiger partial charge is 0.457 e. The number of pyridine rings is 1. The van der Waals surface area contributed by atoms with Gasteiger partial charge in [0, 0.05) is 63.2 Å². The summed E-state index contributed by atoms with van der Waals surface area (Å²) in [6.45, 7) is 25.9. The molecule has 0 spiro atoms. The Morgan fingerprint density at radius 2 is 1.07 bits per heavy atom. The van der Waals surface area contributed by atoms with Crippen molar-refractivity contribution in [3.05, 3.63) is 216 Å². The molecule has 3 heterocycles. The van der Waals surface area contributed by atoms with Gasteiger partial charge in [0.25, 0.3) is 0 Å². The van der Waals surface area contributed by atoms with E-state index in [4.69, 9.17) is 9.72 Å². The van der Waals surface area contributed by atoms with Crippen molar-refractivity contribution in [3.8, 4) is 39.6 Å². The van der Waals surface area contributed by atoms with Crippen molar-refractivity contribution in [2.24, 2.45) is 5.41 Å². The minimum Gasteiger partial charge on any atom is -0.457 e. The van der Waals surface area contributed by atoms with Crippen LogP contribution in [0, 0.1) is 5.41 Å². The van der Waals surface area contributed by atoms with Gasteiger partial charge in [-0.1, -0.05) is 179 Å². The summed E-state index contributed by atoms with van der Waals surface area (Å²) in [6, 6.07) is 63.8. The molecule has 0 atom stereocenters. The van der Waals surface area contributed by atoms with Gasteiger partial charge in [-0.15, -0.1) is 0 Å². The van der Waals surface area contributed by atoms with Crippen molar-refractivity contribution in [3.63, 3.8) is 0 Å². The molecule has 9 aromatic rings. The Balaban J connectivity index is 1.11. The Hall–Kier alpha value is -7.37. The second-order valence-corrected chi connectivity index (χ2v) is 22.8. The first-order valence-corrected chi connectivity index (χ1v) is 24.8. The third-order valence-electron chi connectivity index (χ3n) is 14.2. The van der Waals surface area contributed by atoms with Crippen LogP contribution in [0.5, 0.6) is 11.5 Å². The van der Waals surface area contributed by atoms with Crippen molar-refractivity contribution in [2.75, 3.05) is 16.5 Å². The lowest BCUT2D eigenvalue weighted by Gasteiger charge is -2.33. The van der Waals surface area contributed by atoms with E-state index in [2.05, 4.69) is 273 Å². The molecule has 0 bridgehead atoms. The second-order valence-electron chi connectivity index (χ2n) is 22.8. The SMILES string of the molecule is CC(C)(C)C1=CN(c2cc(-c3ccccc3)cc(C(C)(C)C)c2)CN1c1cc(Oc2ccc3c4cc(-c5ccccc5)ccc4n(-c4cc(C(C)(C)C)ccn4)c3c2)cc(C(C)(C)c2ccccc2)c1. The molecule has 1 aliphatic heterocycles. The lowest BCUT2D eigenvalue weighted by Crippen LogP contribution is -2.31. The summed E-state index contributed by atoms with van der Waals surface area (Å²) in [5.41, 5.74) is 14.8. The first-order chi connectivity index (χ1) is 33.3. The van der Waals surface area contributed by atoms with Gasteiger partial charge in [-0.2, -0.15) is 0 Å². The minimum absolute atomic E-state index is 0.0332. The number of hydrogen-bond acceptors (Lipinski definition) is 4. The molecule has 10 rings (SSSR count). The molecule has 352 valence electrons. The van der Waals surface area contributed by atoms with E-state index in [0.717, 1.165) is 39.4 Å². The Morgan fingerprint density at radius 1 is 0.429 bits per heavy atom. The number of anilines is 2. The summed E-state index contributed by atoms with van der Waals surface area (Å²) in [7, 11) is 0. The van der Waals surface area contributed by atoms with Crippen LogP contribution in [0.15, 0.2) is 194 Å². The van der Waals surface area contributed by atoms with Crippen molar-refractivity contribution in [2.45, 2.75) is 92.4 Å². The van der Waals surface area contributed by atoms with E-state index in [9.17, 15) is 0 Å². The zero-order valence-electron chi connectivity index (χ0n) is 42.8. The normalized spacial score (nSPS) is 13.6. The van der Waals surface area contributed by atoms with Crippen LogP contribution in [0.3, 0.4) is 0 Å². The minimum atomic E-state index is -0.331. The topological polar surface area (TPSA) is 33.5 Å². The first kappa shape index (κ1) is 46.4. The summed E-state index contributed by atoms with van der Waals surface area (Å²) >= 11 is 0. The highest BCUT2D eigenvalue weighted by Gasteiger charge is 2.34. The monoisotopic (exact) mass is 919 g/mol. The molecule has 0 fully saturated rings. The van der Waals surface area contributed by atoms with E-state index in [1.165, 1.54) is 61.3 Å². The summed E-state index contributed by atoms with van der Waals surface area (Å²) < 4.78 is 9.48. The third kappa shape index (κ3) is 9.02. The van der Waals surface area contributed by atoms with Gasteiger partial charge >= 0.3 is 0 Å². The molecule has 1 aliphatic rings. The predicted octanol–water partition coefficient (Wildman–Crippen LogP) is 17.4. The molecule has 70 heavy (non-hydrogen) atoms. The van der Waals surface area contributed by atoms with E-state index >= 15 is 0 Å². The predicted molar refractivity (Wildman–Crippen MR) is 296 cm³/mol. The zero-order valence-corrected chi connectivity index (χ0v) is 42.8. The zero-order chi connectivity index (χ0) is 49.2. The van der Waals surface area contributed by atoms with Gasteiger partial charge in [0.15, 0.2) is 0 Å². The number of fused-ring (bicyclic) bond motifs is 3. The fourth-order valence-corrected chi connectivity index (χ4v) is 9.91. The highest BCUT2D eigenvalue weighted by atomic mass is 16.5. The van der Waals surface area contributed by atoms with Gasteiger partial charge in [-0.25, -0.2) is 4.98 Å². The van der Waals surface area contributed by atoms with Crippen LogP contribution in [0.2, 0.25) is 0 Å². The van der Waals surface area contributed by atoms with Crippen molar-refractivity contribution < 1.29 is 4.74 Å². The highest BCUT2D eigenvalue weighted by Crippen LogP contribution is 2.45. The molecular weight excluding hydrogens is 853 g/mol. The average molecular weight is 919 g/mol. The summed E-state index contributed by atoms with van der Waals surface area (Å²) in [5, 5.41) is 2.31. The smallest absolute Gasteiger partial charge is 0.137 e. The Kier molecular flexibility index (Phi) is 11.6. The number of benzene rings is 7. The average Bonchev–Trinajstić information content (AvgIpc) is 3.95. The van der Waals surface area contributed by atoms with Crippen LogP contribution in [0.25, 0.3) is 49.9 Å². The summed E-state index contributed by atoms with van der Waals surface area (Å²) in [5.74, 6) is 2.43. The number of aromatic nitrogens is 2. The Bertz CT molecular complexity index is 3400. The molecule has 0 saturated carbocycles. The molecule has 5 nitrogen and oxygen atoms in total. The van der Waals surface area contributed by atoms with Crippen LogP contribution in [0.1, 0.15) is 98.4 Å². The maximum Gasteiger partial charge on any atom is 0.137 e. The van der Waals surface area contributed by atoms with Crippen LogP contribution >= 0.6 is 0 Å². The molecule has 5 heteroatoms. The second kappa shape index (κ2) is 17.5. The van der Waals surface area contributed by atoms with Crippen molar-refractivity contribution >= 4 is 33.2 Å². The molecule has 0 saturated heterocycles. The van der Waals surface area contributed by atoms with Crippen LogP contribution < -0.4 is 14.5 Å². The van der Waals surface area contributed by atoms with Crippen LogP contribution in [0.4, 0.5) is 11.4 Å². The first-order valence-electron chi connectivity index (χ1n) is 24.8. The number of hydrogen-bond donors (Lipinski definition) is 0. The fourth-order valence-electron chi connectivity index (χ4n) is 9.91. The summed E-state index contributed by atoms with van der Waals surface area (Å²) in [4.78, 5) is 9.93. The van der Waals surface area contributed by atoms with Crippen molar-refractivity contribution in [1.29, 1.82) is 0 Å². The number of rotatable bonds is 9. The fraction of sp³-hybridized carbons (Fsp3) is 0.246. The third-order valence-corrected chi connectivity index (χ3v) is 14.2. The quantitative estimate of drug-likeness (QED) is 0.144. The van der Waals surface area contributed by atoms with E-state index in [1.54, 1.807) is 0 Å². The van der Waals surface area contributed by atoms with Gasteiger partial charge in [-0.05, 0) is 116 Å². The molecule has 0 amide bonds. The van der Waals surface area contributed by atoms with Gasteiger partial charge in [-0.3, -0.25) is 4.57 Å². The maximum absolute atomic E-state index is 7.17. The Morgan fingerprint density at radius 3 is 1.73 bits per heavy atom. The summed E-state index contributed by atoms with van der Waals surface area (Å²) in [6.07, 6.45) is 4.31. The molecule has 0 unspecified atom stereocenters. The molecular formula is C65H66N4O. The number of ether oxygens (including phenoxy) is 1. The van der Waals surface area contributed by atoms with Crippen molar-refractivity contribution in [1.82, 2.24) is 9.55 Å². The maximum atomic E-state index is 7.17. The van der Waals surface area contributed by atoms with E-state index in [1.807, 2.05) is 6.20 Å². The van der Waals surface area contributed by atoms with E-state index in [-0.39, 0.29) is 21.7 Å². The van der Waals surface area contributed by atoms with Gasteiger partial charge in [0.1, 0.15) is 17.3 Å². The lowest BCUT2D eigenvalue weighted by atomic mass is 9.78. The lowest BCUT2D eigenvalue weighted by molar-refractivity contribution is 0.478. The highest BCUT2D eigenvalue weighted by molar-refractivity contribution is 6.10. The van der Waals surface area contributed by atoms with Gasteiger partial charge < -0.3 is 14.5 Å². The number of allylic oxidation sites excluding steroid dienone is 1. The molecule has 7 aromatic carbocycles.